The number of carbonyl (C=O) groups is 2. The quantitative estimate of drug-likeness (QED) is 0.322. The Balaban J connectivity index is 2.34. The van der Waals surface area contributed by atoms with Gasteiger partial charge in [-0.15, -0.1) is 0 Å². The van der Waals surface area contributed by atoms with E-state index in [4.69, 9.17) is 21.1 Å². The molecule has 0 aliphatic rings. The highest BCUT2D eigenvalue weighted by Gasteiger charge is 2.07. The smallest absolute Gasteiger partial charge is 0.257 e. The summed E-state index contributed by atoms with van der Waals surface area (Å²) < 4.78 is 36.0. The Hall–Kier alpha value is -3.13. The fourth-order valence-corrected chi connectivity index (χ4v) is 1.99. The second-order valence-corrected chi connectivity index (χ2v) is 6.00. The van der Waals surface area contributed by atoms with Crippen LogP contribution < -0.4 is 15.4 Å². The molecule has 2 amide bonds. The maximum absolute atomic E-state index is 13.3. The van der Waals surface area contributed by atoms with Crippen molar-refractivity contribution in [1.82, 2.24) is 10.6 Å². The van der Waals surface area contributed by atoms with Gasteiger partial charge in [-0.2, -0.15) is 0 Å². The number of nitrogens with one attached hydrogen (secondary N) is 2. The molecule has 0 unspecified atom stereocenters. The first-order chi connectivity index (χ1) is 13.7. The first kappa shape index (κ1) is 23.9. The summed E-state index contributed by atoms with van der Waals surface area (Å²) in [4.78, 5) is 23.6. The molecule has 1 rings (SSSR count). The number of hydrogen-bond donors (Lipinski definition) is 2. The van der Waals surface area contributed by atoms with Crippen LogP contribution in [0.5, 0.6) is 5.75 Å². The van der Waals surface area contributed by atoms with Crippen molar-refractivity contribution in [3.8, 4) is 5.75 Å². The van der Waals surface area contributed by atoms with Crippen molar-refractivity contribution in [2.45, 2.75) is 6.42 Å². The van der Waals surface area contributed by atoms with Gasteiger partial charge in [-0.1, -0.05) is 24.8 Å². The van der Waals surface area contributed by atoms with Crippen LogP contribution in [0.2, 0.25) is 5.02 Å². The van der Waals surface area contributed by atoms with E-state index in [0.717, 1.165) is 18.2 Å². The number of allylic oxidation sites excluding steroid dienone is 3. The lowest BCUT2D eigenvalue weighted by Crippen LogP contribution is -2.31. The van der Waals surface area contributed by atoms with E-state index in [0.29, 0.717) is 5.70 Å². The fourth-order valence-electron chi connectivity index (χ4n) is 1.87. The zero-order chi connectivity index (χ0) is 21.8. The largest absolute Gasteiger partial charge is 0.497 e. The van der Waals surface area contributed by atoms with Gasteiger partial charge in [0.2, 0.25) is 0 Å². The summed E-state index contributed by atoms with van der Waals surface area (Å²) in [6.45, 7) is 6.62. The van der Waals surface area contributed by atoms with Gasteiger partial charge in [0.05, 0.1) is 12.1 Å². The number of amides is 2. The van der Waals surface area contributed by atoms with E-state index < -0.39 is 23.5 Å². The van der Waals surface area contributed by atoms with Crippen LogP contribution >= 0.6 is 11.6 Å². The van der Waals surface area contributed by atoms with Gasteiger partial charge in [0.15, 0.2) is 6.61 Å². The van der Waals surface area contributed by atoms with E-state index in [1.54, 1.807) is 0 Å². The highest BCUT2D eigenvalue weighted by molar-refractivity contribution is 6.30. The molecule has 0 aromatic heterocycles. The van der Waals surface area contributed by atoms with Gasteiger partial charge in [0.1, 0.15) is 23.2 Å². The van der Waals surface area contributed by atoms with E-state index >= 15 is 0 Å². The SMILES string of the molecule is C=C(F)/C=C\C(=C\C(=O)NC(=C)CCNC(=O)COc1ccc(Cl)c(F)c1)OC. The summed E-state index contributed by atoms with van der Waals surface area (Å²) in [5.74, 6) is -1.99. The summed E-state index contributed by atoms with van der Waals surface area (Å²) in [6, 6.07) is 3.84. The molecule has 1 aromatic carbocycles. The summed E-state index contributed by atoms with van der Waals surface area (Å²) >= 11 is 5.56. The van der Waals surface area contributed by atoms with Crippen molar-refractivity contribution in [1.29, 1.82) is 0 Å². The Morgan fingerprint density at radius 2 is 2.00 bits per heavy atom. The topological polar surface area (TPSA) is 76.7 Å². The van der Waals surface area contributed by atoms with Crippen molar-refractivity contribution >= 4 is 23.4 Å². The number of halogens is 3. The summed E-state index contributed by atoms with van der Waals surface area (Å²) in [5, 5.41) is 5.03. The predicted molar refractivity (Wildman–Crippen MR) is 106 cm³/mol. The zero-order valence-electron chi connectivity index (χ0n) is 15.8. The Kier molecular flexibility index (Phi) is 10.2. The molecule has 0 aliphatic carbocycles. The Labute approximate surface area is 172 Å². The van der Waals surface area contributed by atoms with Crippen LogP contribution in [0.4, 0.5) is 8.78 Å². The molecule has 1 aromatic rings. The highest BCUT2D eigenvalue weighted by Crippen LogP contribution is 2.20. The van der Waals surface area contributed by atoms with Crippen molar-refractivity contribution in [3.63, 3.8) is 0 Å². The standard InChI is InChI=1S/C20H21ClF2N2O4/c1-13(22)4-5-15(28-3)11-19(26)25-14(2)8-9-24-20(27)12-29-16-6-7-17(21)18(23)10-16/h4-7,10-11H,1-2,8-9,12H2,3H3,(H,24,27)(H,25,26)/b5-4-,15-11-. The van der Waals surface area contributed by atoms with Crippen LogP contribution in [0.25, 0.3) is 0 Å². The molecule has 0 aliphatic heterocycles. The molecule has 0 saturated heterocycles. The highest BCUT2D eigenvalue weighted by atomic mass is 35.5. The number of methoxy groups -OCH3 is 1. The van der Waals surface area contributed by atoms with Gasteiger partial charge in [-0.3, -0.25) is 9.59 Å². The molecule has 0 saturated carbocycles. The van der Waals surface area contributed by atoms with Gasteiger partial charge in [-0.25, -0.2) is 8.78 Å². The molecule has 0 heterocycles. The maximum atomic E-state index is 13.3. The number of rotatable bonds is 11. The summed E-state index contributed by atoms with van der Waals surface area (Å²) in [6.07, 6.45) is 3.67. The van der Waals surface area contributed by atoms with Crippen LogP contribution in [0, 0.1) is 5.82 Å². The molecule has 0 radical (unpaired) electrons. The monoisotopic (exact) mass is 426 g/mol. The lowest BCUT2D eigenvalue weighted by atomic mass is 10.3. The molecule has 0 spiro atoms. The van der Waals surface area contributed by atoms with E-state index in [9.17, 15) is 18.4 Å². The molecular formula is C20H21ClF2N2O4. The lowest BCUT2D eigenvalue weighted by molar-refractivity contribution is -0.123. The normalized spacial score (nSPS) is 11.1. The zero-order valence-corrected chi connectivity index (χ0v) is 16.5. The van der Waals surface area contributed by atoms with Crippen LogP contribution in [0.1, 0.15) is 6.42 Å². The van der Waals surface area contributed by atoms with Crippen molar-refractivity contribution in [2.75, 3.05) is 20.3 Å². The van der Waals surface area contributed by atoms with Crippen LogP contribution in [0.15, 0.2) is 66.9 Å². The minimum atomic E-state index is -0.682. The third-order valence-corrected chi connectivity index (χ3v) is 3.55. The molecule has 0 atom stereocenters. The van der Waals surface area contributed by atoms with Crippen molar-refractivity contribution < 1.29 is 27.8 Å². The van der Waals surface area contributed by atoms with E-state index in [-0.39, 0.29) is 36.1 Å². The van der Waals surface area contributed by atoms with Gasteiger partial charge < -0.3 is 20.1 Å². The second-order valence-electron chi connectivity index (χ2n) is 5.59. The van der Waals surface area contributed by atoms with Crippen LogP contribution in [-0.4, -0.2) is 32.1 Å². The first-order valence-electron chi connectivity index (χ1n) is 8.32. The third-order valence-electron chi connectivity index (χ3n) is 3.25. The van der Waals surface area contributed by atoms with Crippen LogP contribution in [-0.2, 0) is 14.3 Å². The Bertz CT molecular complexity index is 838. The number of hydrogen-bond acceptors (Lipinski definition) is 4. The minimum absolute atomic E-state index is 0.0429. The molecule has 0 fully saturated rings. The summed E-state index contributed by atoms with van der Waals surface area (Å²) in [7, 11) is 1.33. The maximum Gasteiger partial charge on any atom is 0.257 e. The van der Waals surface area contributed by atoms with E-state index in [2.05, 4.69) is 23.8 Å². The third kappa shape index (κ3) is 10.1. The van der Waals surface area contributed by atoms with E-state index in [1.807, 2.05) is 0 Å². The number of benzene rings is 1. The fraction of sp³-hybridized carbons (Fsp3) is 0.200. The number of ether oxygens (including phenoxy) is 2. The average Bonchev–Trinajstić information content (AvgIpc) is 2.65. The second kappa shape index (κ2) is 12.4. The minimum Gasteiger partial charge on any atom is -0.497 e. The van der Waals surface area contributed by atoms with E-state index in [1.165, 1.54) is 25.3 Å². The Morgan fingerprint density at radius 3 is 2.62 bits per heavy atom. The molecule has 2 N–H and O–H groups in total. The molecule has 0 bridgehead atoms. The van der Waals surface area contributed by atoms with Gasteiger partial charge in [-0.05, 0) is 24.3 Å². The van der Waals surface area contributed by atoms with Gasteiger partial charge >= 0.3 is 0 Å². The lowest BCUT2D eigenvalue weighted by Gasteiger charge is -2.10. The molecule has 6 nitrogen and oxygen atoms in total. The Morgan fingerprint density at radius 1 is 1.28 bits per heavy atom. The van der Waals surface area contributed by atoms with Crippen molar-refractivity contribution in [2.24, 2.45) is 0 Å². The van der Waals surface area contributed by atoms with Crippen molar-refractivity contribution in [3.05, 3.63) is 77.7 Å². The van der Waals surface area contributed by atoms with Gasteiger partial charge in [0, 0.05) is 30.8 Å². The molecule has 29 heavy (non-hydrogen) atoms. The predicted octanol–water partition coefficient (Wildman–Crippen LogP) is 3.56. The average molecular weight is 427 g/mol. The molecular weight excluding hydrogens is 406 g/mol. The van der Waals surface area contributed by atoms with Gasteiger partial charge in [0.25, 0.3) is 11.8 Å². The van der Waals surface area contributed by atoms with Crippen LogP contribution in [0.3, 0.4) is 0 Å². The first-order valence-corrected chi connectivity index (χ1v) is 8.70. The molecule has 9 heteroatoms. The summed E-state index contributed by atoms with van der Waals surface area (Å²) in [5.41, 5.74) is 0.349. The molecule has 156 valence electrons. The number of carbonyl (C=O) groups excluding carboxylic acids is 2.